The third kappa shape index (κ3) is 4.84. The van der Waals surface area contributed by atoms with Gasteiger partial charge in [0.1, 0.15) is 12.4 Å². The van der Waals surface area contributed by atoms with Crippen LogP contribution < -0.4 is 15.4 Å². The van der Waals surface area contributed by atoms with E-state index in [2.05, 4.69) is 34.8 Å². The Balaban J connectivity index is 1.38. The zero-order chi connectivity index (χ0) is 20.1. The first-order chi connectivity index (χ1) is 14.2. The van der Waals surface area contributed by atoms with Gasteiger partial charge in [-0.2, -0.15) is 5.10 Å². The van der Waals surface area contributed by atoms with Crippen LogP contribution in [0.5, 0.6) is 5.75 Å². The lowest BCUT2D eigenvalue weighted by Gasteiger charge is -2.22. The molecular weight excluding hydrogens is 364 g/mol. The molecule has 0 aliphatic carbocycles. The van der Waals surface area contributed by atoms with Gasteiger partial charge in [-0.3, -0.25) is 9.48 Å². The first-order valence-electron chi connectivity index (χ1n) is 10.0. The van der Waals surface area contributed by atoms with Crippen molar-refractivity contribution in [2.24, 2.45) is 0 Å². The number of carbonyl (C=O) groups excluding carboxylic acids is 1. The van der Waals surface area contributed by atoms with Crippen molar-refractivity contribution in [1.29, 1.82) is 0 Å². The van der Waals surface area contributed by atoms with Crippen molar-refractivity contribution >= 4 is 11.6 Å². The van der Waals surface area contributed by atoms with E-state index in [9.17, 15) is 4.79 Å². The highest BCUT2D eigenvalue weighted by molar-refractivity contribution is 6.02. The van der Waals surface area contributed by atoms with Crippen LogP contribution in [0.3, 0.4) is 0 Å². The summed E-state index contributed by atoms with van der Waals surface area (Å²) in [6, 6.07) is 17.7. The Morgan fingerprint density at radius 2 is 2.14 bits per heavy atom. The van der Waals surface area contributed by atoms with Gasteiger partial charge >= 0.3 is 0 Å². The molecule has 4 rings (SSSR count). The van der Waals surface area contributed by atoms with E-state index in [1.54, 1.807) is 6.07 Å². The average Bonchev–Trinajstić information content (AvgIpc) is 3.25. The number of aromatic nitrogens is 2. The molecule has 6 heteroatoms. The Bertz CT molecular complexity index is 976. The monoisotopic (exact) mass is 390 g/mol. The Hall–Kier alpha value is -3.12. The molecule has 2 heterocycles. The molecule has 1 aliphatic rings. The predicted octanol–water partition coefficient (Wildman–Crippen LogP) is 3.95. The summed E-state index contributed by atoms with van der Waals surface area (Å²) in [5, 5.41) is 10.8. The Kier molecular flexibility index (Phi) is 5.91. The molecule has 0 spiro atoms. The Morgan fingerprint density at radius 3 is 2.97 bits per heavy atom. The van der Waals surface area contributed by atoms with Gasteiger partial charge < -0.3 is 15.4 Å². The second-order valence-electron chi connectivity index (χ2n) is 7.38. The molecule has 1 aliphatic heterocycles. The fraction of sp³-hybridized carbons (Fsp3) is 0.304. The SMILES string of the molecule is Cc1ccccc1COc1cccc(NC(=O)c2ccn(C3CCCNC3)n2)c1. The van der Waals surface area contributed by atoms with Gasteiger partial charge in [0.15, 0.2) is 5.69 Å². The number of piperidine rings is 1. The van der Waals surface area contributed by atoms with Crippen molar-refractivity contribution in [2.75, 3.05) is 18.4 Å². The quantitative estimate of drug-likeness (QED) is 0.669. The van der Waals surface area contributed by atoms with Crippen LogP contribution in [0.15, 0.2) is 60.8 Å². The third-order valence-corrected chi connectivity index (χ3v) is 5.23. The molecule has 2 aromatic carbocycles. The molecule has 1 saturated heterocycles. The normalized spacial score (nSPS) is 16.4. The molecule has 0 radical (unpaired) electrons. The lowest BCUT2D eigenvalue weighted by molar-refractivity contribution is 0.102. The summed E-state index contributed by atoms with van der Waals surface area (Å²) in [6.07, 6.45) is 4.09. The van der Waals surface area contributed by atoms with Crippen LogP contribution in [-0.2, 0) is 6.61 Å². The Labute approximate surface area is 170 Å². The molecule has 1 fully saturated rings. The molecule has 1 amide bonds. The van der Waals surface area contributed by atoms with Crippen molar-refractivity contribution in [3.8, 4) is 5.75 Å². The van der Waals surface area contributed by atoms with Crippen molar-refractivity contribution in [3.63, 3.8) is 0 Å². The van der Waals surface area contributed by atoms with E-state index in [0.717, 1.165) is 31.5 Å². The maximum absolute atomic E-state index is 12.6. The molecular formula is C23H26N4O2. The van der Waals surface area contributed by atoms with Gasteiger partial charge in [-0.15, -0.1) is 0 Å². The molecule has 1 aromatic heterocycles. The van der Waals surface area contributed by atoms with E-state index in [1.807, 2.05) is 47.3 Å². The number of amides is 1. The minimum Gasteiger partial charge on any atom is -0.489 e. The molecule has 6 nitrogen and oxygen atoms in total. The molecule has 150 valence electrons. The number of hydrogen-bond donors (Lipinski definition) is 2. The number of carbonyl (C=O) groups is 1. The number of nitrogens with one attached hydrogen (secondary N) is 2. The van der Waals surface area contributed by atoms with Crippen molar-refractivity contribution < 1.29 is 9.53 Å². The summed E-state index contributed by atoms with van der Waals surface area (Å²) in [5.74, 6) is 0.494. The third-order valence-electron chi connectivity index (χ3n) is 5.23. The van der Waals surface area contributed by atoms with Gasteiger partial charge in [0.05, 0.1) is 6.04 Å². The van der Waals surface area contributed by atoms with E-state index in [1.165, 1.54) is 5.56 Å². The minimum atomic E-state index is -0.219. The zero-order valence-corrected chi connectivity index (χ0v) is 16.6. The highest BCUT2D eigenvalue weighted by Crippen LogP contribution is 2.21. The van der Waals surface area contributed by atoms with Crippen molar-refractivity contribution in [2.45, 2.75) is 32.4 Å². The maximum atomic E-state index is 12.6. The largest absolute Gasteiger partial charge is 0.489 e. The number of benzene rings is 2. The molecule has 1 unspecified atom stereocenters. The van der Waals surface area contributed by atoms with E-state index in [4.69, 9.17) is 4.74 Å². The summed E-state index contributed by atoms with van der Waals surface area (Å²) in [6.45, 7) is 4.50. The van der Waals surface area contributed by atoms with E-state index in [0.29, 0.717) is 29.8 Å². The number of aryl methyl sites for hydroxylation is 1. The van der Waals surface area contributed by atoms with E-state index >= 15 is 0 Å². The van der Waals surface area contributed by atoms with Crippen LogP contribution in [-0.4, -0.2) is 28.8 Å². The van der Waals surface area contributed by atoms with Crippen LogP contribution in [0.25, 0.3) is 0 Å². The summed E-state index contributed by atoms with van der Waals surface area (Å²) in [7, 11) is 0. The number of ether oxygens (including phenoxy) is 1. The van der Waals surface area contributed by atoms with Gasteiger partial charge in [-0.05, 0) is 55.6 Å². The number of hydrogen-bond acceptors (Lipinski definition) is 4. The van der Waals surface area contributed by atoms with Gasteiger partial charge in [0, 0.05) is 24.5 Å². The van der Waals surface area contributed by atoms with Gasteiger partial charge in [0.25, 0.3) is 5.91 Å². The van der Waals surface area contributed by atoms with Crippen LogP contribution in [0.4, 0.5) is 5.69 Å². The molecule has 0 bridgehead atoms. The standard InChI is InChI=1S/C23H26N4O2/c1-17-6-2-3-7-18(17)16-29-21-10-4-8-19(14-21)25-23(28)22-11-13-27(26-22)20-9-5-12-24-15-20/h2-4,6-8,10-11,13-14,20,24H,5,9,12,15-16H2,1H3,(H,25,28). The highest BCUT2D eigenvalue weighted by Gasteiger charge is 2.17. The molecule has 29 heavy (non-hydrogen) atoms. The van der Waals surface area contributed by atoms with Crippen LogP contribution in [0, 0.1) is 6.92 Å². The molecule has 2 N–H and O–H groups in total. The van der Waals surface area contributed by atoms with Crippen molar-refractivity contribution in [1.82, 2.24) is 15.1 Å². The lowest BCUT2D eigenvalue weighted by atomic mass is 10.1. The number of nitrogens with zero attached hydrogens (tertiary/aromatic N) is 2. The lowest BCUT2D eigenvalue weighted by Crippen LogP contribution is -2.32. The topological polar surface area (TPSA) is 68.2 Å². The first-order valence-corrected chi connectivity index (χ1v) is 10.0. The van der Waals surface area contributed by atoms with Crippen LogP contribution in [0.1, 0.15) is 40.5 Å². The van der Waals surface area contributed by atoms with Crippen LogP contribution in [0.2, 0.25) is 0 Å². The Morgan fingerprint density at radius 1 is 1.24 bits per heavy atom. The summed E-state index contributed by atoms with van der Waals surface area (Å²) in [5.41, 5.74) is 3.44. The van der Waals surface area contributed by atoms with Gasteiger partial charge in [-0.1, -0.05) is 30.3 Å². The number of anilines is 1. The highest BCUT2D eigenvalue weighted by atomic mass is 16.5. The first kappa shape index (κ1) is 19.2. The van der Waals surface area contributed by atoms with Crippen LogP contribution >= 0.6 is 0 Å². The van der Waals surface area contributed by atoms with E-state index < -0.39 is 0 Å². The predicted molar refractivity (Wildman–Crippen MR) is 113 cm³/mol. The average molecular weight is 390 g/mol. The van der Waals surface area contributed by atoms with Gasteiger partial charge in [-0.25, -0.2) is 0 Å². The minimum absolute atomic E-state index is 0.219. The zero-order valence-electron chi connectivity index (χ0n) is 16.6. The summed E-state index contributed by atoms with van der Waals surface area (Å²) in [4.78, 5) is 12.6. The fourth-order valence-electron chi connectivity index (χ4n) is 3.51. The van der Waals surface area contributed by atoms with E-state index in [-0.39, 0.29) is 5.91 Å². The second-order valence-corrected chi connectivity index (χ2v) is 7.38. The molecule has 1 atom stereocenters. The maximum Gasteiger partial charge on any atom is 0.276 e. The fourth-order valence-corrected chi connectivity index (χ4v) is 3.51. The molecule has 0 saturated carbocycles. The smallest absolute Gasteiger partial charge is 0.276 e. The summed E-state index contributed by atoms with van der Waals surface area (Å²) >= 11 is 0. The molecule has 3 aromatic rings. The van der Waals surface area contributed by atoms with Crippen molar-refractivity contribution in [3.05, 3.63) is 77.6 Å². The second kappa shape index (κ2) is 8.92. The number of rotatable bonds is 6. The summed E-state index contributed by atoms with van der Waals surface area (Å²) < 4.78 is 7.80. The van der Waals surface area contributed by atoms with Gasteiger partial charge in [0.2, 0.25) is 0 Å².